The lowest BCUT2D eigenvalue weighted by Crippen LogP contribution is -2.44. The number of anilines is 2. The molecule has 0 saturated heterocycles. The van der Waals surface area contributed by atoms with Gasteiger partial charge in [-0.15, -0.1) is 23.2 Å². The zero-order valence-corrected chi connectivity index (χ0v) is 30.8. The molecule has 286 valence electrons. The van der Waals surface area contributed by atoms with Gasteiger partial charge in [-0.1, -0.05) is 17.7 Å². The Bertz CT molecular complexity index is 1970. The molecule has 0 heterocycles. The molecule has 0 radical (unpaired) electrons. The summed E-state index contributed by atoms with van der Waals surface area (Å²) < 4.78 is 107. The molecule has 3 aromatic carbocycles. The molecule has 1 fully saturated rings. The fraction of sp³-hybridized carbons (Fsp3) is 0.371. The molecule has 4 rings (SSSR count). The third kappa shape index (κ3) is 9.54. The van der Waals surface area contributed by atoms with Crippen LogP contribution in [-0.2, 0) is 26.9 Å². The smallest absolute Gasteiger partial charge is 0.424 e. The Morgan fingerprint density at radius 3 is 1.89 bits per heavy atom. The van der Waals surface area contributed by atoms with Crippen molar-refractivity contribution in [2.45, 2.75) is 75.6 Å². The predicted molar refractivity (Wildman–Crippen MR) is 181 cm³/mol. The number of imide groups is 1. The standard InChI is InChI=1S/C35H30Cl3F7N2O6/c1-32(2,3)52-30(50)47(31(51)53-33(4,5)6)24-10-16(21(40)14-22(24)41)11-25(48)18-12-17(13-23(42)28(18)36)46-29(49)27-26(34(27,37)38)15-7-8-20(39)19(9-15)35(43,44)45/h7-10,12-14,26-27H,11H2,1-6H3,(H,46,49)/t26-,27+/m0/s1. The van der Waals surface area contributed by atoms with Gasteiger partial charge in [0.1, 0.15) is 33.0 Å². The summed E-state index contributed by atoms with van der Waals surface area (Å²) in [6.45, 7) is 8.79. The van der Waals surface area contributed by atoms with Gasteiger partial charge in [0.25, 0.3) is 0 Å². The zero-order valence-electron chi connectivity index (χ0n) is 28.6. The van der Waals surface area contributed by atoms with E-state index in [0.717, 1.165) is 12.1 Å². The number of ketones is 1. The van der Waals surface area contributed by atoms with Crippen molar-refractivity contribution < 1.29 is 59.4 Å². The second kappa shape index (κ2) is 14.6. The van der Waals surface area contributed by atoms with Crippen molar-refractivity contribution >= 4 is 70.1 Å². The summed E-state index contributed by atoms with van der Waals surface area (Å²) >= 11 is 18.5. The van der Waals surface area contributed by atoms with E-state index in [4.69, 9.17) is 44.3 Å². The number of hydrogen-bond acceptors (Lipinski definition) is 6. The molecule has 1 saturated carbocycles. The highest BCUT2D eigenvalue weighted by Gasteiger charge is 2.67. The summed E-state index contributed by atoms with van der Waals surface area (Å²) in [5, 5.41) is 1.49. The predicted octanol–water partition coefficient (Wildman–Crippen LogP) is 10.5. The Morgan fingerprint density at radius 1 is 0.792 bits per heavy atom. The molecular formula is C35H30Cl3F7N2O6. The SMILES string of the molecule is CC(C)(C)OC(=O)N(C(=O)OC(C)(C)C)c1cc(CC(=O)c2cc(NC(=O)[C@H]3[C@H](c4ccc(F)c(C(F)(F)F)c4)C3(Cl)Cl)cc(F)c2Cl)c(F)cc1F. The topological polar surface area (TPSA) is 102 Å². The van der Waals surface area contributed by atoms with Crippen LogP contribution in [0.2, 0.25) is 5.02 Å². The third-order valence-corrected chi connectivity index (χ3v) is 8.77. The van der Waals surface area contributed by atoms with Crippen LogP contribution in [0.5, 0.6) is 0 Å². The van der Waals surface area contributed by atoms with Crippen molar-refractivity contribution in [3.8, 4) is 0 Å². The van der Waals surface area contributed by atoms with E-state index in [2.05, 4.69) is 5.32 Å². The highest BCUT2D eigenvalue weighted by atomic mass is 35.5. The fourth-order valence-electron chi connectivity index (χ4n) is 5.15. The second-order valence-corrected chi connectivity index (χ2v) is 15.8. The van der Waals surface area contributed by atoms with Gasteiger partial charge in [0.2, 0.25) is 5.91 Å². The summed E-state index contributed by atoms with van der Waals surface area (Å²) in [6.07, 6.45) is -8.79. The Hall–Kier alpha value is -4.08. The van der Waals surface area contributed by atoms with E-state index >= 15 is 8.78 Å². The zero-order chi connectivity index (χ0) is 40.2. The lowest BCUT2D eigenvalue weighted by Gasteiger charge is -2.29. The minimum atomic E-state index is -5.06. The van der Waals surface area contributed by atoms with Gasteiger partial charge in [-0.2, -0.15) is 18.1 Å². The van der Waals surface area contributed by atoms with Gasteiger partial charge < -0.3 is 14.8 Å². The first-order chi connectivity index (χ1) is 24.1. The highest BCUT2D eigenvalue weighted by molar-refractivity contribution is 6.53. The number of carbonyl (C=O) groups is 4. The minimum absolute atomic E-state index is 0.177. The molecule has 8 nitrogen and oxygen atoms in total. The molecule has 1 N–H and O–H groups in total. The monoisotopic (exact) mass is 812 g/mol. The number of hydrogen-bond donors (Lipinski definition) is 1. The highest BCUT2D eigenvalue weighted by Crippen LogP contribution is 2.65. The average Bonchev–Trinajstić information content (AvgIpc) is 3.56. The number of carbonyl (C=O) groups excluding carboxylic acids is 4. The molecule has 53 heavy (non-hydrogen) atoms. The largest absolute Gasteiger partial charge is 0.443 e. The summed E-state index contributed by atoms with van der Waals surface area (Å²) in [5.74, 6) is -10.3. The van der Waals surface area contributed by atoms with Crippen molar-refractivity contribution in [1.29, 1.82) is 0 Å². The molecule has 1 aliphatic carbocycles. The first kappa shape index (κ1) is 41.7. The maximum Gasteiger partial charge on any atom is 0.424 e. The summed E-state index contributed by atoms with van der Waals surface area (Å²) in [4.78, 5) is 52.9. The maximum absolute atomic E-state index is 15.2. The van der Waals surface area contributed by atoms with Gasteiger partial charge in [0.15, 0.2) is 11.6 Å². The van der Waals surface area contributed by atoms with Crippen LogP contribution < -0.4 is 10.2 Å². The Labute approximate surface area is 313 Å². The third-order valence-electron chi connectivity index (χ3n) is 7.45. The van der Waals surface area contributed by atoms with Crippen LogP contribution in [0.4, 0.5) is 51.7 Å². The van der Waals surface area contributed by atoms with E-state index in [1.54, 1.807) is 0 Å². The van der Waals surface area contributed by atoms with E-state index < -0.39 is 120 Å². The van der Waals surface area contributed by atoms with Gasteiger partial charge in [0.05, 0.1) is 22.2 Å². The number of amides is 3. The second-order valence-electron chi connectivity index (χ2n) is 14.0. The molecule has 3 amide bonds. The summed E-state index contributed by atoms with van der Waals surface area (Å²) in [5.41, 5.74) is -6.61. The average molecular weight is 814 g/mol. The van der Waals surface area contributed by atoms with E-state index in [0.29, 0.717) is 30.3 Å². The molecule has 0 aliphatic heterocycles. The van der Waals surface area contributed by atoms with Gasteiger partial charge in [-0.05, 0) is 83.0 Å². The number of rotatable bonds is 7. The number of alkyl halides is 5. The molecule has 0 unspecified atom stereocenters. The number of halogens is 10. The molecule has 1 aliphatic rings. The summed E-state index contributed by atoms with van der Waals surface area (Å²) in [6, 6.07) is 4.57. The van der Waals surface area contributed by atoms with Crippen LogP contribution >= 0.6 is 34.8 Å². The summed E-state index contributed by atoms with van der Waals surface area (Å²) in [7, 11) is 0. The molecule has 0 spiro atoms. The quantitative estimate of drug-likeness (QED) is 0.145. The van der Waals surface area contributed by atoms with Gasteiger partial charge in [-0.3, -0.25) is 9.59 Å². The Balaban J connectivity index is 1.63. The van der Waals surface area contributed by atoms with Crippen LogP contribution in [-0.4, -0.2) is 39.4 Å². The molecule has 18 heteroatoms. The van der Waals surface area contributed by atoms with Crippen molar-refractivity contribution in [2.75, 3.05) is 10.2 Å². The first-order valence-electron chi connectivity index (χ1n) is 15.4. The fourth-order valence-corrected chi connectivity index (χ4v) is 6.19. The van der Waals surface area contributed by atoms with Crippen LogP contribution in [0.25, 0.3) is 0 Å². The van der Waals surface area contributed by atoms with Crippen molar-refractivity contribution in [1.82, 2.24) is 0 Å². The lowest BCUT2D eigenvalue weighted by molar-refractivity contribution is -0.140. The maximum atomic E-state index is 15.2. The van der Waals surface area contributed by atoms with E-state index in [1.807, 2.05) is 0 Å². The first-order valence-corrected chi connectivity index (χ1v) is 16.6. The molecule has 0 bridgehead atoms. The molecule has 0 aromatic heterocycles. The Kier molecular flexibility index (Phi) is 11.5. The minimum Gasteiger partial charge on any atom is -0.443 e. The van der Waals surface area contributed by atoms with Crippen molar-refractivity contribution in [3.05, 3.63) is 93.0 Å². The van der Waals surface area contributed by atoms with Crippen LogP contribution in [0.15, 0.2) is 42.5 Å². The number of benzene rings is 3. The van der Waals surface area contributed by atoms with E-state index in [9.17, 15) is 41.1 Å². The number of nitrogens with zero attached hydrogens (tertiary/aromatic N) is 1. The van der Waals surface area contributed by atoms with Crippen LogP contribution in [0.1, 0.15) is 74.5 Å². The van der Waals surface area contributed by atoms with E-state index in [-0.39, 0.29) is 10.5 Å². The molecular weight excluding hydrogens is 784 g/mol. The van der Waals surface area contributed by atoms with Crippen LogP contribution in [0.3, 0.4) is 0 Å². The number of ether oxygens (including phenoxy) is 2. The number of nitrogens with one attached hydrogen (secondary N) is 1. The normalized spacial score (nSPS) is 16.8. The van der Waals surface area contributed by atoms with Gasteiger partial charge in [0, 0.05) is 29.7 Å². The van der Waals surface area contributed by atoms with Gasteiger partial charge in [-0.25, -0.2) is 27.2 Å². The lowest BCUT2D eigenvalue weighted by atomic mass is 10.0. The van der Waals surface area contributed by atoms with E-state index in [1.165, 1.54) is 41.5 Å². The van der Waals surface area contributed by atoms with Crippen molar-refractivity contribution in [2.24, 2.45) is 5.92 Å². The van der Waals surface area contributed by atoms with Crippen molar-refractivity contribution in [3.63, 3.8) is 0 Å². The van der Waals surface area contributed by atoms with Gasteiger partial charge >= 0.3 is 18.4 Å². The Morgan fingerprint density at radius 2 is 1.36 bits per heavy atom. The number of Topliss-reactive ketones (excluding diaryl/α,β-unsaturated/α-hetero) is 1. The molecule has 3 aromatic rings. The van der Waals surface area contributed by atoms with Crippen LogP contribution in [0, 0.1) is 29.2 Å². The molecule has 2 atom stereocenters.